The number of carbonyl (C=O) groups excluding carboxylic acids is 2. The van der Waals surface area contributed by atoms with Gasteiger partial charge in [0.25, 0.3) is 11.5 Å². The first-order valence-corrected chi connectivity index (χ1v) is 11.5. The zero-order valence-corrected chi connectivity index (χ0v) is 20.2. The Morgan fingerprint density at radius 1 is 1.17 bits per heavy atom. The van der Waals surface area contributed by atoms with Gasteiger partial charge in [-0.15, -0.1) is 8.78 Å². The number of nitrogens with zero attached hydrogens (tertiary/aromatic N) is 3. The van der Waals surface area contributed by atoms with Gasteiger partial charge in [-0.2, -0.15) is 0 Å². The fraction of sp³-hybridized carbons (Fsp3) is 0.429. The standard InChI is InChI=1S/C21H20BCl2F5N4O3/c22-20(12-9-30-11-31-10-12,18(35)32-13-5-7-19(26,27)8-6-13)33(17(34)16(23)25)14-1-3-15(4-2-14)36-21(24,28)29/h1-4,9-11,13,16H,5-8,22H2,(H,32,35)/t16-,20-/m0/s1. The maximum absolute atomic E-state index is 14.2. The lowest BCUT2D eigenvalue weighted by Gasteiger charge is -2.42. The third kappa shape index (κ3) is 6.55. The second-order valence-electron chi connectivity index (χ2n) is 8.32. The van der Waals surface area contributed by atoms with E-state index in [2.05, 4.69) is 20.0 Å². The van der Waals surface area contributed by atoms with Crippen molar-refractivity contribution in [2.45, 2.75) is 54.3 Å². The summed E-state index contributed by atoms with van der Waals surface area (Å²) in [6, 6.07) is 3.64. The van der Waals surface area contributed by atoms with E-state index in [4.69, 9.17) is 23.2 Å². The van der Waals surface area contributed by atoms with Gasteiger partial charge in [-0.05, 0) is 37.1 Å². The predicted molar refractivity (Wildman–Crippen MR) is 124 cm³/mol. The van der Waals surface area contributed by atoms with Crippen molar-refractivity contribution in [1.82, 2.24) is 15.3 Å². The minimum atomic E-state index is -4.01. The van der Waals surface area contributed by atoms with E-state index in [1.165, 1.54) is 20.2 Å². The van der Waals surface area contributed by atoms with Crippen molar-refractivity contribution >= 4 is 48.5 Å². The monoisotopic (exact) mass is 552 g/mol. The molecule has 2 amide bonds. The summed E-state index contributed by atoms with van der Waals surface area (Å²) in [6.45, 7) is 0. The van der Waals surface area contributed by atoms with Crippen LogP contribution in [0.4, 0.5) is 27.6 Å². The summed E-state index contributed by atoms with van der Waals surface area (Å²) < 4.78 is 71.6. The fourth-order valence-corrected chi connectivity index (χ4v) is 4.11. The van der Waals surface area contributed by atoms with Crippen LogP contribution in [0.5, 0.6) is 5.75 Å². The Hall–Kier alpha value is -2.67. The van der Waals surface area contributed by atoms with Gasteiger partial charge in [0.1, 0.15) is 17.5 Å². The molecule has 0 aliphatic heterocycles. The minimum absolute atomic E-state index is 0.0199. The summed E-state index contributed by atoms with van der Waals surface area (Å²) in [5.74, 6) is -5.43. The quantitative estimate of drug-likeness (QED) is 0.307. The van der Waals surface area contributed by atoms with Gasteiger partial charge in [0.2, 0.25) is 11.8 Å². The Bertz CT molecular complexity index is 1070. The van der Waals surface area contributed by atoms with E-state index in [1.807, 2.05) is 0 Å². The third-order valence-electron chi connectivity index (χ3n) is 5.80. The molecule has 194 valence electrons. The van der Waals surface area contributed by atoms with Crippen LogP contribution in [0, 0.1) is 0 Å². The maximum atomic E-state index is 14.2. The highest BCUT2D eigenvalue weighted by atomic mass is 35.5. The van der Waals surface area contributed by atoms with E-state index in [-0.39, 0.29) is 29.8 Å². The van der Waals surface area contributed by atoms with Crippen LogP contribution in [0.3, 0.4) is 0 Å². The van der Waals surface area contributed by atoms with Crippen LogP contribution in [0.2, 0.25) is 0 Å². The summed E-state index contributed by atoms with van der Waals surface area (Å²) in [6.07, 6.45) is 2.68. The molecule has 1 aromatic heterocycles. The molecule has 1 N–H and O–H groups in total. The van der Waals surface area contributed by atoms with Crippen LogP contribution < -0.4 is 15.0 Å². The zero-order valence-electron chi connectivity index (χ0n) is 18.7. The molecule has 1 heterocycles. The largest absolute Gasteiger partial charge is 0.487 e. The molecule has 36 heavy (non-hydrogen) atoms. The van der Waals surface area contributed by atoms with Crippen LogP contribution >= 0.6 is 23.2 Å². The van der Waals surface area contributed by atoms with Crippen LogP contribution in [0.15, 0.2) is 43.0 Å². The molecule has 0 radical (unpaired) electrons. The van der Waals surface area contributed by atoms with Gasteiger partial charge in [-0.1, -0.05) is 11.6 Å². The van der Waals surface area contributed by atoms with E-state index in [0.29, 0.717) is 0 Å². The highest BCUT2D eigenvalue weighted by Crippen LogP contribution is 2.36. The number of ether oxygens (including phenoxy) is 1. The molecule has 3 rings (SSSR count). The number of amides is 2. The van der Waals surface area contributed by atoms with Gasteiger partial charge < -0.3 is 10.1 Å². The second kappa shape index (κ2) is 10.8. The lowest BCUT2D eigenvalue weighted by Crippen LogP contribution is -2.62. The molecule has 2 aromatic rings. The average Bonchev–Trinajstić information content (AvgIpc) is 2.81. The first-order valence-electron chi connectivity index (χ1n) is 10.7. The number of hydrogen-bond acceptors (Lipinski definition) is 5. The number of carbonyl (C=O) groups is 2. The average molecular weight is 553 g/mol. The number of aromatic nitrogens is 2. The van der Waals surface area contributed by atoms with Crippen molar-refractivity contribution in [3.8, 4) is 5.75 Å². The second-order valence-corrected chi connectivity index (χ2v) is 9.14. The van der Waals surface area contributed by atoms with Crippen molar-refractivity contribution in [2.75, 3.05) is 4.90 Å². The molecular weight excluding hydrogens is 533 g/mol. The lowest BCUT2D eigenvalue weighted by atomic mass is 9.69. The van der Waals surface area contributed by atoms with Crippen molar-refractivity contribution in [3.63, 3.8) is 0 Å². The fourth-order valence-electron chi connectivity index (χ4n) is 3.92. The van der Waals surface area contributed by atoms with Crippen molar-refractivity contribution in [2.24, 2.45) is 0 Å². The zero-order chi connectivity index (χ0) is 26.7. The first-order chi connectivity index (χ1) is 16.7. The molecule has 0 unspecified atom stereocenters. The highest BCUT2D eigenvalue weighted by molar-refractivity contribution is 6.37. The van der Waals surface area contributed by atoms with Crippen molar-refractivity contribution < 1.29 is 36.3 Å². The molecule has 1 aromatic carbocycles. The smallest absolute Gasteiger partial charge is 0.420 e. The third-order valence-corrected chi connectivity index (χ3v) is 6.06. The number of nitrogens with one attached hydrogen (secondary N) is 1. The Balaban J connectivity index is 2.04. The van der Waals surface area contributed by atoms with Crippen LogP contribution in [-0.4, -0.2) is 52.8 Å². The van der Waals surface area contributed by atoms with Gasteiger partial charge in [-0.3, -0.25) is 14.5 Å². The Kier molecular flexibility index (Phi) is 8.34. The minimum Gasteiger partial charge on any atom is -0.420 e. The highest BCUT2D eigenvalue weighted by Gasteiger charge is 2.48. The van der Waals surface area contributed by atoms with Gasteiger partial charge in [0.15, 0.2) is 7.85 Å². The molecule has 2 atom stereocenters. The summed E-state index contributed by atoms with van der Waals surface area (Å²) in [4.78, 5) is 35.1. The molecule has 0 saturated heterocycles. The van der Waals surface area contributed by atoms with Gasteiger partial charge in [0, 0.05) is 54.1 Å². The molecule has 0 bridgehead atoms. The predicted octanol–water partition coefficient (Wildman–Crippen LogP) is 3.69. The van der Waals surface area contributed by atoms with Crippen LogP contribution in [-0.2, 0) is 15.0 Å². The van der Waals surface area contributed by atoms with Crippen molar-refractivity contribution in [1.29, 1.82) is 0 Å². The van der Waals surface area contributed by atoms with E-state index >= 15 is 0 Å². The summed E-state index contributed by atoms with van der Waals surface area (Å²) in [5.41, 5.74) is -8.72. The number of anilines is 1. The molecule has 15 heteroatoms. The molecule has 1 saturated carbocycles. The summed E-state index contributed by atoms with van der Waals surface area (Å²) >= 11 is 10.2. The van der Waals surface area contributed by atoms with Gasteiger partial charge in [-0.25, -0.2) is 23.1 Å². The summed E-state index contributed by atoms with van der Waals surface area (Å²) in [7, 11) is 1.27. The van der Waals surface area contributed by atoms with Crippen LogP contribution in [0.1, 0.15) is 31.2 Å². The molecule has 0 spiro atoms. The first kappa shape index (κ1) is 27.9. The topological polar surface area (TPSA) is 84.4 Å². The number of hydrogen-bond donors (Lipinski definition) is 1. The molecule has 1 aliphatic rings. The van der Waals surface area contributed by atoms with E-state index in [1.54, 1.807) is 0 Å². The molecular formula is C21H20BCl2F5N4O3. The Labute approximate surface area is 213 Å². The van der Waals surface area contributed by atoms with Gasteiger partial charge >= 0.3 is 5.57 Å². The maximum Gasteiger partial charge on any atom is 0.487 e. The number of halogens is 7. The Morgan fingerprint density at radius 3 is 2.22 bits per heavy atom. The normalized spacial score (nSPS) is 18.5. The van der Waals surface area contributed by atoms with Crippen LogP contribution in [0.25, 0.3) is 0 Å². The van der Waals surface area contributed by atoms with E-state index in [0.717, 1.165) is 35.5 Å². The van der Waals surface area contributed by atoms with Gasteiger partial charge in [0.05, 0.1) is 0 Å². The number of rotatable bonds is 8. The molecule has 1 aliphatic carbocycles. The lowest BCUT2D eigenvalue weighted by molar-refractivity contribution is -0.130. The van der Waals surface area contributed by atoms with E-state index < -0.39 is 53.3 Å². The van der Waals surface area contributed by atoms with Crippen molar-refractivity contribution in [3.05, 3.63) is 48.5 Å². The molecule has 1 fully saturated rings. The summed E-state index contributed by atoms with van der Waals surface area (Å²) in [5, 5.41) is 2.65. The SMILES string of the molecule is B[C@@](C(=O)NC1CCC(F)(F)CC1)(c1cncnc1)N(C(=O)[C@H](F)Cl)c1ccc(OC(F)(F)Cl)cc1. The number of alkyl halides is 7. The molecule has 7 nitrogen and oxygen atoms in total. The Morgan fingerprint density at radius 2 is 1.72 bits per heavy atom. The van der Waals surface area contributed by atoms with E-state index in [9.17, 15) is 31.5 Å². The number of benzene rings is 1.